The normalized spacial score (nSPS) is 13.2. The lowest BCUT2D eigenvalue weighted by atomic mass is 9.98. The van der Waals surface area contributed by atoms with Crippen molar-refractivity contribution in [1.82, 2.24) is 5.32 Å². The van der Waals surface area contributed by atoms with Crippen LogP contribution in [0.2, 0.25) is 0 Å². The van der Waals surface area contributed by atoms with E-state index in [1.54, 1.807) is 20.1 Å². The molecule has 2 atom stereocenters. The lowest BCUT2D eigenvalue weighted by Crippen LogP contribution is -2.51. The molecule has 0 unspecified atom stereocenters. The van der Waals surface area contributed by atoms with Gasteiger partial charge in [-0.25, -0.2) is 4.79 Å². The van der Waals surface area contributed by atoms with E-state index in [4.69, 9.17) is 9.15 Å². The molecule has 0 saturated carbocycles. The number of rotatable bonds is 8. The highest BCUT2D eigenvalue weighted by molar-refractivity contribution is 5.86. The summed E-state index contributed by atoms with van der Waals surface area (Å²) in [6.07, 6.45) is 0.725. The molecule has 1 amide bonds. The Hall–Kier alpha value is -2.83. The van der Waals surface area contributed by atoms with Gasteiger partial charge in [0.05, 0.1) is 19.1 Å². The molecule has 1 heterocycles. The Morgan fingerprint density at radius 3 is 2.50 bits per heavy atom. The van der Waals surface area contributed by atoms with Crippen LogP contribution >= 0.6 is 0 Å². The first-order valence-corrected chi connectivity index (χ1v) is 9.31. The first-order valence-electron chi connectivity index (χ1n) is 9.31. The largest absolute Gasteiger partial charge is 0.548 e. The zero-order valence-electron chi connectivity index (χ0n) is 16.9. The van der Waals surface area contributed by atoms with E-state index in [1.807, 2.05) is 26.8 Å². The number of benzene rings is 1. The molecule has 2 aromatic rings. The fourth-order valence-corrected chi connectivity index (χ4v) is 3.23. The van der Waals surface area contributed by atoms with Crippen LogP contribution in [0.15, 0.2) is 21.3 Å². The van der Waals surface area contributed by atoms with Crippen LogP contribution in [0.5, 0.6) is 5.75 Å². The number of fused-ring (bicyclic) bond motifs is 1. The number of carboxylic acids is 1. The third-order valence-corrected chi connectivity index (χ3v) is 5.26. The van der Waals surface area contributed by atoms with E-state index in [9.17, 15) is 19.5 Å². The third kappa shape index (κ3) is 4.35. The molecule has 0 fully saturated rings. The van der Waals surface area contributed by atoms with Crippen LogP contribution in [0, 0.1) is 19.8 Å². The van der Waals surface area contributed by atoms with Crippen LogP contribution in [0.1, 0.15) is 43.4 Å². The van der Waals surface area contributed by atoms with Gasteiger partial charge in [0.15, 0.2) is 0 Å². The fraction of sp³-hybridized carbons (Fsp3) is 0.476. The zero-order chi connectivity index (χ0) is 21.0. The highest BCUT2D eigenvalue weighted by Gasteiger charge is 2.20. The summed E-state index contributed by atoms with van der Waals surface area (Å²) in [4.78, 5) is 35.9. The number of nitrogens with one attached hydrogen (secondary N) is 1. The van der Waals surface area contributed by atoms with E-state index >= 15 is 0 Å². The number of aryl methyl sites for hydroxylation is 2. The molecule has 0 radical (unpaired) electrons. The van der Waals surface area contributed by atoms with Crippen molar-refractivity contribution in [3.63, 3.8) is 0 Å². The molecule has 2 rings (SSSR count). The topological polar surface area (TPSA) is 109 Å². The van der Waals surface area contributed by atoms with E-state index < -0.39 is 23.5 Å². The highest BCUT2D eigenvalue weighted by atomic mass is 16.5. The van der Waals surface area contributed by atoms with Crippen molar-refractivity contribution < 1.29 is 23.8 Å². The van der Waals surface area contributed by atoms with Crippen LogP contribution in [0.4, 0.5) is 0 Å². The Morgan fingerprint density at radius 2 is 1.93 bits per heavy atom. The van der Waals surface area contributed by atoms with Crippen molar-refractivity contribution in [3.8, 4) is 5.75 Å². The molecule has 152 valence electrons. The maximum Gasteiger partial charge on any atom is 0.339 e. The minimum Gasteiger partial charge on any atom is -0.548 e. The van der Waals surface area contributed by atoms with E-state index in [-0.39, 0.29) is 18.8 Å². The summed E-state index contributed by atoms with van der Waals surface area (Å²) in [5.74, 6) is -1.38. The van der Waals surface area contributed by atoms with Gasteiger partial charge in [-0.2, -0.15) is 0 Å². The van der Waals surface area contributed by atoms with Crippen molar-refractivity contribution in [2.45, 2.75) is 53.0 Å². The smallest absolute Gasteiger partial charge is 0.339 e. The van der Waals surface area contributed by atoms with Crippen molar-refractivity contribution in [1.29, 1.82) is 0 Å². The molecule has 7 nitrogen and oxygen atoms in total. The lowest BCUT2D eigenvalue weighted by Gasteiger charge is -2.25. The number of aliphatic carboxylic acids is 1. The number of carbonyl (C=O) groups excluding carboxylic acids is 2. The van der Waals surface area contributed by atoms with Crippen molar-refractivity contribution in [3.05, 3.63) is 39.2 Å². The van der Waals surface area contributed by atoms with Gasteiger partial charge in [0.25, 0.3) is 0 Å². The van der Waals surface area contributed by atoms with Gasteiger partial charge in [0, 0.05) is 22.9 Å². The molecular weight excluding hydrogens is 362 g/mol. The molecule has 28 heavy (non-hydrogen) atoms. The van der Waals surface area contributed by atoms with Crippen molar-refractivity contribution >= 4 is 22.8 Å². The standard InChI is InChI=1S/C21H27NO6/c1-6-11(2)18(20(24)25)22-17(23)10-8-15-12(3)14-7-9-16(27-5)13(4)19(14)28-21(15)26/h7,9,11,18H,6,8,10H2,1-5H3,(H,22,23)(H,24,25)/p-1/t11-,18+/m1/s1. The second-order valence-electron chi connectivity index (χ2n) is 7.01. The van der Waals surface area contributed by atoms with Gasteiger partial charge in [-0.3, -0.25) is 4.79 Å². The van der Waals surface area contributed by atoms with Gasteiger partial charge < -0.3 is 24.4 Å². The van der Waals surface area contributed by atoms with Gasteiger partial charge in [0.1, 0.15) is 11.3 Å². The number of carboxylic acid groups (broad SMARTS) is 1. The summed E-state index contributed by atoms with van der Waals surface area (Å²) in [5.41, 5.74) is 1.83. The van der Waals surface area contributed by atoms with Crippen molar-refractivity contribution in [2.24, 2.45) is 5.92 Å². The van der Waals surface area contributed by atoms with Gasteiger partial charge in [-0.15, -0.1) is 0 Å². The SMILES string of the molecule is CC[C@@H](C)[C@H](NC(=O)CCc1c(C)c2ccc(OC)c(C)c2oc1=O)C(=O)[O-]. The molecule has 7 heteroatoms. The second kappa shape index (κ2) is 8.91. The monoisotopic (exact) mass is 388 g/mol. The minimum absolute atomic E-state index is 0.0214. The molecule has 0 aliphatic rings. The quantitative estimate of drug-likeness (QED) is 0.689. The number of amides is 1. The number of ether oxygens (including phenoxy) is 1. The second-order valence-corrected chi connectivity index (χ2v) is 7.01. The van der Waals surface area contributed by atoms with Gasteiger partial charge in [0.2, 0.25) is 5.91 Å². The highest BCUT2D eigenvalue weighted by Crippen LogP contribution is 2.29. The van der Waals surface area contributed by atoms with E-state index in [0.717, 1.165) is 16.5 Å². The molecule has 1 aromatic carbocycles. The molecule has 0 bridgehead atoms. The van der Waals surface area contributed by atoms with Crippen LogP contribution in [0.25, 0.3) is 11.0 Å². The Morgan fingerprint density at radius 1 is 1.25 bits per heavy atom. The predicted octanol–water partition coefficient (Wildman–Crippen LogP) is 1.63. The summed E-state index contributed by atoms with van der Waals surface area (Å²) in [5, 5.41) is 14.5. The average Bonchev–Trinajstić information content (AvgIpc) is 2.66. The zero-order valence-corrected chi connectivity index (χ0v) is 16.9. The summed E-state index contributed by atoms with van der Waals surface area (Å²) in [6, 6.07) is 2.57. The maximum atomic E-state index is 12.5. The van der Waals surface area contributed by atoms with Crippen molar-refractivity contribution in [2.75, 3.05) is 7.11 Å². The molecular formula is C21H26NO6-. The Labute approximate surface area is 163 Å². The van der Waals surface area contributed by atoms with Crippen LogP contribution < -0.4 is 20.8 Å². The lowest BCUT2D eigenvalue weighted by molar-refractivity contribution is -0.309. The summed E-state index contributed by atoms with van der Waals surface area (Å²) in [7, 11) is 1.55. The van der Waals surface area contributed by atoms with Gasteiger partial charge in [-0.05, 0) is 43.9 Å². The molecule has 0 spiro atoms. The summed E-state index contributed by atoms with van der Waals surface area (Å²) >= 11 is 0. The molecule has 0 aliphatic heterocycles. The first kappa shape index (κ1) is 21.5. The van der Waals surface area contributed by atoms with E-state index in [0.29, 0.717) is 23.3 Å². The van der Waals surface area contributed by atoms with Crippen LogP contribution in [-0.4, -0.2) is 25.0 Å². The third-order valence-electron chi connectivity index (χ3n) is 5.26. The molecule has 1 N–H and O–H groups in total. The van der Waals surface area contributed by atoms with Crippen LogP contribution in [0.3, 0.4) is 0 Å². The number of hydrogen-bond acceptors (Lipinski definition) is 6. The number of carbonyl (C=O) groups is 2. The van der Waals surface area contributed by atoms with E-state index in [1.165, 1.54) is 0 Å². The summed E-state index contributed by atoms with van der Waals surface area (Å²) < 4.78 is 10.7. The first-order chi connectivity index (χ1) is 13.2. The molecule has 0 aliphatic carbocycles. The van der Waals surface area contributed by atoms with Gasteiger partial charge in [-0.1, -0.05) is 20.3 Å². The minimum atomic E-state index is -1.31. The maximum absolute atomic E-state index is 12.5. The Kier molecular flexibility index (Phi) is 6.83. The number of hydrogen-bond donors (Lipinski definition) is 1. The predicted molar refractivity (Wildman–Crippen MR) is 103 cm³/mol. The molecule has 1 aromatic heterocycles. The summed E-state index contributed by atoms with van der Waals surface area (Å²) in [6.45, 7) is 7.19. The van der Waals surface area contributed by atoms with E-state index in [2.05, 4.69) is 5.32 Å². The van der Waals surface area contributed by atoms with Gasteiger partial charge >= 0.3 is 5.63 Å². The molecule has 0 saturated heterocycles. The van der Waals surface area contributed by atoms with Crippen LogP contribution in [-0.2, 0) is 16.0 Å². The Balaban J connectivity index is 2.24. The Bertz CT molecular complexity index is 946. The fourth-order valence-electron chi connectivity index (χ4n) is 3.23. The number of methoxy groups -OCH3 is 1. The average molecular weight is 388 g/mol.